The predicted octanol–water partition coefficient (Wildman–Crippen LogP) is 2.86. The highest BCUT2D eigenvalue weighted by Gasteiger charge is 2.19. The first-order valence-electron chi connectivity index (χ1n) is 7.81. The second-order valence-electron chi connectivity index (χ2n) is 5.96. The van der Waals surface area contributed by atoms with Gasteiger partial charge in [-0.3, -0.25) is 4.79 Å². The summed E-state index contributed by atoms with van der Waals surface area (Å²) in [4.78, 5) is 14.5. The number of carbonyl (C=O) groups excluding carboxylic acids is 1. The maximum absolute atomic E-state index is 12.4. The zero-order valence-electron chi connectivity index (χ0n) is 13.1. The van der Waals surface area contributed by atoms with Gasteiger partial charge in [-0.2, -0.15) is 5.10 Å². The quantitative estimate of drug-likeness (QED) is 0.944. The number of hydrogen-bond acceptors (Lipinski definition) is 3. The van der Waals surface area contributed by atoms with Crippen molar-refractivity contribution in [1.29, 1.82) is 0 Å². The van der Waals surface area contributed by atoms with Crippen molar-refractivity contribution in [2.45, 2.75) is 32.7 Å². The Hall–Kier alpha value is -2.30. The van der Waals surface area contributed by atoms with E-state index in [0.29, 0.717) is 6.54 Å². The average Bonchev–Trinajstić information content (AvgIpc) is 2.96. The molecule has 0 fully saturated rings. The summed E-state index contributed by atoms with van der Waals surface area (Å²) in [5.74, 6) is 0.754. The third kappa shape index (κ3) is 2.98. The smallest absolute Gasteiger partial charge is 0.245 e. The van der Waals surface area contributed by atoms with E-state index < -0.39 is 0 Å². The molecule has 3 rings (SSSR count). The second-order valence-corrected chi connectivity index (χ2v) is 5.96. The summed E-state index contributed by atoms with van der Waals surface area (Å²) >= 11 is 0. The Labute approximate surface area is 130 Å². The van der Waals surface area contributed by atoms with E-state index in [0.717, 1.165) is 25.2 Å². The molecule has 1 aliphatic rings. The molecule has 0 saturated carbocycles. The molecule has 1 N–H and O–H groups in total. The molecule has 1 aromatic heterocycles. The van der Waals surface area contributed by atoms with Crippen molar-refractivity contribution >= 4 is 17.4 Å². The number of hydrogen-bond donors (Lipinski definition) is 1. The van der Waals surface area contributed by atoms with E-state index in [1.807, 2.05) is 30.7 Å². The number of anilines is 2. The minimum atomic E-state index is -0.000830. The Balaban J connectivity index is 1.69. The van der Waals surface area contributed by atoms with Gasteiger partial charge in [0.15, 0.2) is 0 Å². The number of nitrogens with one attached hydrogen (secondary N) is 1. The molecule has 2 aromatic rings. The number of fused-ring (bicyclic) bond motifs is 1. The summed E-state index contributed by atoms with van der Waals surface area (Å²) in [7, 11) is 0. The molecular formula is C17H22N4O. The van der Waals surface area contributed by atoms with Crippen molar-refractivity contribution in [2.75, 3.05) is 23.3 Å². The largest absolute Gasteiger partial charge is 0.362 e. The molecule has 22 heavy (non-hydrogen) atoms. The van der Waals surface area contributed by atoms with Crippen LogP contribution in [0, 0.1) is 0 Å². The van der Waals surface area contributed by atoms with E-state index >= 15 is 0 Å². The van der Waals surface area contributed by atoms with Crippen LogP contribution in [0.25, 0.3) is 0 Å². The minimum absolute atomic E-state index is 0.000830. The fourth-order valence-electron chi connectivity index (χ4n) is 2.96. The summed E-state index contributed by atoms with van der Waals surface area (Å²) in [6, 6.07) is 10.4. The first-order chi connectivity index (χ1) is 10.6. The summed E-state index contributed by atoms with van der Waals surface area (Å²) in [5.41, 5.74) is 2.51. The summed E-state index contributed by atoms with van der Waals surface area (Å²) in [6.07, 6.45) is 3.90. The Morgan fingerprint density at radius 3 is 2.95 bits per heavy atom. The van der Waals surface area contributed by atoms with E-state index in [2.05, 4.69) is 33.5 Å². The summed E-state index contributed by atoms with van der Waals surface area (Å²) in [6.45, 7) is 5.39. The highest BCUT2D eigenvalue weighted by Crippen LogP contribution is 2.26. The third-order valence-corrected chi connectivity index (χ3v) is 3.97. The Bertz CT molecular complexity index is 662. The lowest BCUT2D eigenvalue weighted by Crippen LogP contribution is -2.37. The fourth-order valence-corrected chi connectivity index (χ4v) is 2.96. The van der Waals surface area contributed by atoms with Gasteiger partial charge in [0.25, 0.3) is 0 Å². The van der Waals surface area contributed by atoms with E-state index in [1.54, 1.807) is 6.20 Å². The van der Waals surface area contributed by atoms with Crippen LogP contribution in [0.4, 0.5) is 11.5 Å². The first kappa shape index (κ1) is 14.6. The molecule has 0 atom stereocenters. The standard InChI is InChI=1S/C17H22N4O/c1-13(2)21-16(9-10-18-21)19-17(22)12-20-11-5-7-14-6-3-4-8-15(14)20/h3-4,6,8-10,13H,5,7,11-12H2,1-2H3,(H,19,22). The molecule has 5 nitrogen and oxygen atoms in total. The molecule has 0 radical (unpaired) electrons. The van der Waals surface area contributed by atoms with Crippen LogP contribution < -0.4 is 10.2 Å². The van der Waals surface area contributed by atoms with Crippen LogP contribution in [0.1, 0.15) is 31.9 Å². The van der Waals surface area contributed by atoms with Crippen LogP contribution in [-0.2, 0) is 11.2 Å². The molecule has 0 spiro atoms. The molecule has 1 aromatic carbocycles. The van der Waals surface area contributed by atoms with Gasteiger partial charge in [0.2, 0.25) is 5.91 Å². The van der Waals surface area contributed by atoms with Gasteiger partial charge in [-0.15, -0.1) is 0 Å². The number of benzene rings is 1. The van der Waals surface area contributed by atoms with Crippen LogP contribution in [0.15, 0.2) is 36.5 Å². The van der Waals surface area contributed by atoms with Gasteiger partial charge >= 0.3 is 0 Å². The van der Waals surface area contributed by atoms with E-state index in [1.165, 1.54) is 11.3 Å². The highest BCUT2D eigenvalue weighted by molar-refractivity contribution is 5.93. The number of amides is 1. The van der Waals surface area contributed by atoms with E-state index in [4.69, 9.17) is 0 Å². The van der Waals surface area contributed by atoms with E-state index in [9.17, 15) is 4.79 Å². The molecular weight excluding hydrogens is 276 g/mol. The lowest BCUT2D eigenvalue weighted by Gasteiger charge is -2.30. The van der Waals surface area contributed by atoms with E-state index in [-0.39, 0.29) is 11.9 Å². The van der Waals surface area contributed by atoms with Gasteiger partial charge < -0.3 is 10.2 Å². The van der Waals surface area contributed by atoms with Gasteiger partial charge in [0.05, 0.1) is 12.7 Å². The number of aromatic nitrogens is 2. The monoisotopic (exact) mass is 298 g/mol. The number of carbonyl (C=O) groups is 1. The average molecular weight is 298 g/mol. The summed E-state index contributed by atoms with van der Waals surface area (Å²) < 4.78 is 1.82. The lowest BCUT2D eigenvalue weighted by atomic mass is 10.0. The van der Waals surface area contributed by atoms with Crippen molar-refractivity contribution in [1.82, 2.24) is 9.78 Å². The van der Waals surface area contributed by atoms with Crippen molar-refractivity contribution < 1.29 is 4.79 Å². The molecule has 1 amide bonds. The normalized spacial score (nSPS) is 14.0. The molecule has 116 valence electrons. The highest BCUT2D eigenvalue weighted by atomic mass is 16.2. The Morgan fingerprint density at radius 1 is 1.32 bits per heavy atom. The predicted molar refractivity (Wildman–Crippen MR) is 88.2 cm³/mol. The van der Waals surface area contributed by atoms with Gasteiger partial charge in [0.1, 0.15) is 5.82 Å². The molecule has 0 saturated heterocycles. The van der Waals surface area contributed by atoms with Gasteiger partial charge in [-0.25, -0.2) is 4.68 Å². The topological polar surface area (TPSA) is 50.2 Å². The molecule has 5 heteroatoms. The number of nitrogens with zero attached hydrogens (tertiary/aromatic N) is 3. The number of para-hydroxylation sites is 1. The fraction of sp³-hybridized carbons (Fsp3) is 0.412. The molecule has 2 heterocycles. The Kier molecular flexibility index (Phi) is 4.13. The SMILES string of the molecule is CC(C)n1nccc1NC(=O)CN1CCCc2ccccc21. The molecule has 0 aliphatic carbocycles. The number of rotatable bonds is 4. The van der Waals surface area contributed by atoms with Crippen LogP contribution in [-0.4, -0.2) is 28.8 Å². The Morgan fingerprint density at radius 2 is 2.14 bits per heavy atom. The van der Waals surface area contributed by atoms with Crippen LogP contribution >= 0.6 is 0 Å². The van der Waals surface area contributed by atoms with Crippen LogP contribution in [0.3, 0.4) is 0 Å². The molecule has 0 bridgehead atoms. The second kappa shape index (κ2) is 6.22. The van der Waals surface area contributed by atoms with Gasteiger partial charge in [-0.1, -0.05) is 18.2 Å². The molecule has 1 aliphatic heterocycles. The summed E-state index contributed by atoms with van der Waals surface area (Å²) in [5, 5.41) is 7.21. The van der Waals surface area contributed by atoms with Gasteiger partial charge in [-0.05, 0) is 38.3 Å². The van der Waals surface area contributed by atoms with Crippen molar-refractivity contribution in [3.05, 3.63) is 42.1 Å². The minimum Gasteiger partial charge on any atom is -0.362 e. The van der Waals surface area contributed by atoms with Crippen molar-refractivity contribution in [3.8, 4) is 0 Å². The van der Waals surface area contributed by atoms with Crippen LogP contribution in [0.2, 0.25) is 0 Å². The number of aryl methyl sites for hydroxylation is 1. The van der Waals surface area contributed by atoms with Gasteiger partial charge in [0, 0.05) is 24.3 Å². The third-order valence-electron chi connectivity index (χ3n) is 3.97. The maximum Gasteiger partial charge on any atom is 0.245 e. The molecule has 0 unspecified atom stereocenters. The maximum atomic E-state index is 12.4. The zero-order chi connectivity index (χ0) is 15.5. The first-order valence-corrected chi connectivity index (χ1v) is 7.81. The van der Waals surface area contributed by atoms with Crippen LogP contribution in [0.5, 0.6) is 0 Å². The lowest BCUT2D eigenvalue weighted by molar-refractivity contribution is -0.115. The van der Waals surface area contributed by atoms with Crippen molar-refractivity contribution in [2.24, 2.45) is 0 Å². The van der Waals surface area contributed by atoms with Crippen molar-refractivity contribution in [3.63, 3.8) is 0 Å². The zero-order valence-corrected chi connectivity index (χ0v) is 13.1.